The van der Waals surface area contributed by atoms with Crippen molar-refractivity contribution >= 4 is 5.91 Å². The first-order valence-electron chi connectivity index (χ1n) is 5.98. The van der Waals surface area contributed by atoms with Gasteiger partial charge in [0.1, 0.15) is 0 Å². The minimum atomic E-state index is -4.55. The molecule has 0 saturated carbocycles. The van der Waals surface area contributed by atoms with E-state index in [0.717, 1.165) is 0 Å². The number of nitriles is 1. The Bertz CT molecular complexity index is 347. The summed E-state index contributed by atoms with van der Waals surface area (Å²) in [7, 11) is 1.41. The molecule has 5 nitrogen and oxygen atoms in total. The fraction of sp³-hybridized carbons (Fsp3) is 0.818. The van der Waals surface area contributed by atoms with E-state index in [2.05, 4.69) is 5.32 Å². The molecule has 1 rings (SSSR count). The van der Waals surface area contributed by atoms with Crippen LogP contribution in [0.3, 0.4) is 0 Å². The van der Waals surface area contributed by atoms with Gasteiger partial charge in [-0.25, -0.2) is 0 Å². The number of rotatable bonds is 4. The maximum absolute atomic E-state index is 12.4. The van der Waals surface area contributed by atoms with E-state index in [9.17, 15) is 18.0 Å². The molecule has 1 N–H and O–H groups in total. The van der Waals surface area contributed by atoms with E-state index in [-0.39, 0.29) is 12.5 Å². The van der Waals surface area contributed by atoms with E-state index in [0.29, 0.717) is 26.2 Å². The van der Waals surface area contributed by atoms with Crippen LogP contribution in [-0.2, 0) is 4.79 Å². The van der Waals surface area contributed by atoms with Crippen molar-refractivity contribution in [2.45, 2.75) is 6.18 Å². The smallest absolute Gasteiger partial charge is 0.339 e. The van der Waals surface area contributed by atoms with Crippen molar-refractivity contribution in [2.75, 3.05) is 46.3 Å². The van der Waals surface area contributed by atoms with E-state index >= 15 is 0 Å². The maximum atomic E-state index is 12.4. The van der Waals surface area contributed by atoms with Crippen molar-refractivity contribution in [2.24, 2.45) is 5.92 Å². The van der Waals surface area contributed by atoms with Gasteiger partial charge in [-0.3, -0.25) is 9.69 Å². The van der Waals surface area contributed by atoms with Crippen LogP contribution in [0.5, 0.6) is 0 Å². The number of amides is 1. The van der Waals surface area contributed by atoms with E-state index in [1.54, 1.807) is 4.90 Å². The zero-order valence-corrected chi connectivity index (χ0v) is 10.7. The summed E-state index contributed by atoms with van der Waals surface area (Å²) in [5.74, 6) is -2.27. The molecule has 0 aliphatic carbocycles. The second kappa shape index (κ2) is 6.73. The number of nitrogens with zero attached hydrogens (tertiary/aromatic N) is 3. The normalized spacial score (nSPS) is 18.2. The van der Waals surface area contributed by atoms with Crippen molar-refractivity contribution in [3.63, 3.8) is 0 Å². The first kappa shape index (κ1) is 15.7. The molecule has 0 aromatic carbocycles. The van der Waals surface area contributed by atoms with Gasteiger partial charge in [-0.2, -0.15) is 18.4 Å². The molecule has 0 radical (unpaired) electrons. The zero-order chi connectivity index (χ0) is 14.5. The van der Waals surface area contributed by atoms with Crippen LogP contribution in [0.2, 0.25) is 0 Å². The molecule has 1 heterocycles. The fourth-order valence-corrected chi connectivity index (χ4v) is 1.84. The Morgan fingerprint density at radius 3 is 2.53 bits per heavy atom. The summed E-state index contributed by atoms with van der Waals surface area (Å²) in [5, 5.41) is 11.6. The van der Waals surface area contributed by atoms with Gasteiger partial charge in [0, 0.05) is 32.7 Å². The van der Waals surface area contributed by atoms with Crippen LogP contribution in [0.1, 0.15) is 0 Å². The lowest BCUT2D eigenvalue weighted by Gasteiger charge is -2.29. The first-order valence-corrected chi connectivity index (χ1v) is 5.98. The minimum Gasteiger partial charge on any atom is -0.339 e. The number of halogens is 3. The van der Waals surface area contributed by atoms with Crippen LogP contribution >= 0.6 is 0 Å². The monoisotopic (exact) mass is 278 g/mol. The molecule has 1 saturated heterocycles. The Kier molecular flexibility index (Phi) is 5.57. The predicted octanol–water partition coefficient (Wildman–Crippen LogP) is 0.0521. The lowest BCUT2D eigenvalue weighted by Crippen LogP contribution is -2.49. The average molecular weight is 278 g/mol. The summed E-state index contributed by atoms with van der Waals surface area (Å²) in [6, 6.07) is 1.22. The third kappa shape index (κ3) is 5.04. The van der Waals surface area contributed by atoms with Gasteiger partial charge in [0.05, 0.1) is 12.6 Å². The minimum absolute atomic E-state index is 0.103. The average Bonchev–Trinajstić information content (AvgIpc) is 2.35. The third-order valence-corrected chi connectivity index (χ3v) is 2.92. The van der Waals surface area contributed by atoms with Crippen LogP contribution in [0.25, 0.3) is 0 Å². The quantitative estimate of drug-likeness (QED) is 0.789. The van der Waals surface area contributed by atoms with E-state index in [1.165, 1.54) is 18.0 Å². The van der Waals surface area contributed by atoms with Crippen LogP contribution in [-0.4, -0.2) is 68.2 Å². The zero-order valence-electron chi connectivity index (χ0n) is 10.7. The Morgan fingerprint density at radius 1 is 1.47 bits per heavy atom. The van der Waals surface area contributed by atoms with Crippen molar-refractivity contribution in [1.29, 1.82) is 5.26 Å². The van der Waals surface area contributed by atoms with Gasteiger partial charge < -0.3 is 10.2 Å². The Morgan fingerprint density at radius 2 is 2.05 bits per heavy atom. The third-order valence-electron chi connectivity index (χ3n) is 2.92. The highest BCUT2D eigenvalue weighted by Crippen LogP contribution is 2.26. The first-order chi connectivity index (χ1) is 8.84. The van der Waals surface area contributed by atoms with Crippen molar-refractivity contribution in [3.8, 4) is 6.07 Å². The summed E-state index contributed by atoms with van der Waals surface area (Å²) in [6.45, 7) is 1.92. The highest BCUT2D eigenvalue weighted by atomic mass is 19.4. The molecule has 1 unspecified atom stereocenters. The fourth-order valence-electron chi connectivity index (χ4n) is 1.84. The van der Waals surface area contributed by atoms with E-state index < -0.39 is 18.6 Å². The molecule has 1 fully saturated rings. The number of hydrogen-bond acceptors (Lipinski definition) is 4. The number of likely N-dealkylation sites (N-methyl/N-ethyl adjacent to an activating group) is 1. The molecular weight excluding hydrogens is 261 g/mol. The molecule has 0 spiro atoms. The van der Waals surface area contributed by atoms with Gasteiger partial charge in [-0.05, 0) is 7.05 Å². The molecule has 108 valence electrons. The topological polar surface area (TPSA) is 59.4 Å². The summed E-state index contributed by atoms with van der Waals surface area (Å²) in [4.78, 5) is 14.7. The SMILES string of the molecule is CN(CC(=O)N1CCNCC1)CC(C#N)C(F)(F)F. The number of piperazine rings is 1. The molecule has 0 bridgehead atoms. The lowest BCUT2D eigenvalue weighted by molar-refractivity contribution is -0.163. The molecule has 1 amide bonds. The predicted molar refractivity (Wildman–Crippen MR) is 62.1 cm³/mol. The number of alkyl halides is 3. The number of carbonyl (C=O) groups is 1. The molecule has 0 aromatic rings. The van der Waals surface area contributed by atoms with Crippen LogP contribution < -0.4 is 5.32 Å². The van der Waals surface area contributed by atoms with Gasteiger partial charge in [0.2, 0.25) is 5.91 Å². The molecule has 8 heteroatoms. The van der Waals surface area contributed by atoms with Crippen molar-refractivity contribution in [1.82, 2.24) is 15.1 Å². The molecular formula is C11H17F3N4O. The largest absolute Gasteiger partial charge is 0.405 e. The van der Waals surface area contributed by atoms with Gasteiger partial charge in [0.25, 0.3) is 0 Å². The van der Waals surface area contributed by atoms with Gasteiger partial charge >= 0.3 is 6.18 Å². The Balaban J connectivity index is 2.43. The standard InChI is InChI=1S/C11H17F3N4O/c1-17(7-9(6-15)11(12,13)14)8-10(19)18-4-2-16-3-5-18/h9,16H,2-5,7-8H2,1H3. The Labute approximate surface area is 110 Å². The number of carbonyl (C=O) groups excluding carboxylic acids is 1. The maximum Gasteiger partial charge on any atom is 0.405 e. The molecule has 0 aromatic heterocycles. The van der Waals surface area contributed by atoms with Crippen LogP contribution in [0.15, 0.2) is 0 Å². The summed E-state index contributed by atoms with van der Waals surface area (Å²) < 4.78 is 37.3. The van der Waals surface area contributed by atoms with Crippen molar-refractivity contribution < 1.29 is 18.0 Å². The number of nitrogens with one attached hydrogen (secondary N) is 1. The summed E-state index contributed by atoms with van der Waals surface area (Å²) >= 11 is 0. The number of hydrogen-bond donors (Lipinski definition) is 1. The van der Waals surface area contributed by atoms with Crippen LogP contribution in [0.4, 0.5) is 13.2 Å². The highest BCUT2D eigenvalue weighted by molar-refractivity contribution is 5.78. The highest BCUT2D eigenvalue weighted by Gasteiger charge is 2.40. The second-order valence-electron chi connectivity index (χ2n) is 4.55. The molecule has 1 aliphatic heterocycles. The van der Waals surface area contributed by atoms with Crippen LogP contribution in [0, 0.1) is 17.2 Å². The van der Waals surface area contributed by atoms with Gasteiger partial charge in [-0.15, -0.1) is 0 Å². The lowest BCUT2D eigenvalue weighted by atomic mass is 10.1. The van der Waals surface area contributed by atoms with E-state index in [1.807, 2.05) is 0 Å². The van der Waals surface area contributed by atoms with Crippen molar-refractivity contribution in [3.05, 3.63) is 0 Å². The second-order valence-corrected chi connectivity index (χ2v) is 4.55. The summed E-state index contributed by atoms with van der Waals surface area (Å²) in [5.41, 5.74) is 0. The van der Waals surface area contributed by atoms with Gasteiger partial charge in [0.15, 0.2) is 5.92 Å². The van der Waals surface area contributed by atoms with E-state index in [4.69, 9.17) is 5.26 Å². The molecule has 19 heavy (non-hydrogen) atoms. The molecule has 1 atom stereocenters. The summed E-state index contributed by atoms with van der Waals surface area (Å²) in [6.07, 6.45) is -4.55. The molecule has 1 aliphatic rings. The van der Waals surface area contributed by atoms with Gasteiger partial charge in [-0.1, -0.05) is 0 Å². The Hall–Kier alpha value is -1.33.